The third kappa shape index (κ3) is 4.96. The van der Waals surface area contributed by atoms with Gasteiger partial charge in [0.1, 0.15) is 0 Å². The van der Waals surface area contributed by atoms with Crippen molar-refractivity contribution in [3.05, 3.63) is 53.6 Å². The molecule has 252 valence electrons. The van der Waals surface area contributed by atoms with E-state index >= 15 is 0 Å². The predicted molar refractivity (Wildman–Crippen MR) is 187 cm³/mol. The van der Waals surface area contributed by atoms with Crippen LogP contribution in [0.1, 0.15) is 122 Å². The first-order valence-corrected chi connectivity index (χ1v) is 18.3. The van der Waals surface area contributed by atoms with E-state index in [1.54, 1.807) is 19.1 Å². The van der Waals surface area contributed by atoms with Crippen molar-refractivity contribution in [2.24, 2.45) is 56.7 Å². The molecule has 6 rings (SSSR count). The Labute approximate surface area is 278 Å². The summed E-state index contributed by atoms with van der Waals surface area (Å²) in [5.41, 5.74) is 5.55. The van der Waals surface area contributed by atoms with Gasteiger partial charge in [-0.25, -0.2) is 4.79 Å². The van der Waals surface area contributed by atoms with Crippen LogP contribution in [0.4, 0.5) is 0 Å². The molecule has 5 aliphatic carbocycles. The summed E-state index contributed by atoms with van der Waals surface area (Å²) in [6, 6.07) is 7.60. The predicted octanol–water partition coefficient (Wildman–Crippen LogP) is 8.76. The first-order chi connectivity index (χ1) is 21.6. The molecule has 3 N–H and O–H groups in total. The second-order valence-electron chi connectivity index (χ2n) is 17.6. The first kappa shape index (κ1) is 33.5. The van der Waals surface area contributed by atoms with E-state index in [1.165, 1.54) is 68.1 Å². The lowest BCUT2D eigenvalue weighted by Crippen LogP contribution is -2.65. The lowest BCUT2D eigenvalue weighted by Gasteiger charge is -2.72. The minimum Gasteiger partial charge on any atom is -0.478 e. The molecule has 9 atom stereocenters. The Bertz CT molecular complexity index is 1410. The quantitative estimate of drug-likeness (QED) is 0.199. The maximum atomic E-state index is 11.5. The molecule has 0 heterocycles. The molecule has 0 aliphatic heterocycles. The maximum absolute atomic E-state index is 11.5. The van der Waals surface area contributed by atoms with E-state index in [0.29, 0.717) is 52.0 Å². The molecular weight excluding hydrogens is 568 g/mol. The summed E-state index contributed by atoms with van der Waals surface area (Å²) in [5.74, 6) is 2.49. The molecule has 5 heteroatoms. The molecule has 0 bridgehead atoms. The summed E-state index contributed by atoms with van der Waals surface area (Å²) >= 11 is 0. The van der Waals surface area contributed by atoms with Gasteiger partial charge in [-0.3, -0.25) is 4.79 Å². The Morgan fingerprint density at radius 1 is 0.870 bits per heavy atom. The third-order valence-electron chi connectivity index (χ3n) is 15.4. The number of aromatic carboxylic acids is 1. The van der Waals surface area contributed by atoms with Gasteiger partial charge in [0.15, 0.2) is 0 Å². The monoisotopic (exact) mass is 628 g/mol. The number of carbonyl (C=O) groups is 2. The number of allylic oxidation sites excluding steroid dienone is 3. The molecule has 1 amide bonds. The van der Waals surface area contributed by atoms with Crippen LogP contribution in [0.2, 0.25) is 0 Å². The highest BCUT2D eigenvalue weighted by molar-refractivity contribution is 5.88. The number of hydrogen-bond donors (Lipinski definition) is 3. The normalized spacial score (nSPS) is 40.8. The molecule has 0 radical (unpaired) electrons. The van der Waals surface area contributed by atoms with Crippen LogP contribution in [0.15, 0.2) is 42.5 Å². The number of hydrogen-bond acceptors (Lipinski definition) is 3. The number of carboxylic acids is 1. The lowest BCUT2D eigenvalue weighted by molar-refractivity contribution is -0.225. The molecule has 5 aliphatic rings. The van der Waals surface area contributed by atoms with E-state index in [-0.39, 0.29) is 16.7 Å². The highest BCUT2D eigenvalue weighted by Gasteiger charge is 2.70. The van der Waals surface area contributed by atoms with Gasteiger partial charge in [0.05, 0.1) is 5.56 Å². The number of nitrogens with one attached hydrogen (secondary N) is 2. The van der Waals surface area contributed by atoms with Gasteiger partial charge in [-0.15, -0.1) is 0 Å². The first-order valence-electron chi connectivity index (χ1n) is 18.3. The van der Waals surface area contributed by atoms with Crippen LogP contribution in [-0.4, -0.2) is 36.6 Å². The van der Waals surface area contributed by atoms with Gasteiger partial charge in [0.2, 0.25) is 5.91 Å². The summed E-state index contributed by atoms with van der Waals surface area (Å²) in [6.45, 7) is 24.1. The van der Waals surface area contributed by atoms with E-state index < -0.39 is 5.97 Å². The van der Waals surface area contributed by atoms with E-state index in [1.807, 2.05) is 12.1 Å². The van der Waals surface area contributed by atoms with Crippen LogP contribution in [0.25, 0.3) is 5.57 Å². The number of fused-ring (bicyclic) bond motifs is 7. The second kappa shape index (κ2) is 11.6. The number of carboxylic acid groups (broad SMARTS) is 1. The molecule has 1 aromatic carbocycles. The van der Waals surface area contributed by atoms with Crippen LogP contribution in [-0.2, 0) is 4.79 Å². The fourth-order valence-corrected chi connectivity index (χ4v) is 13.1. The van der Waals surface area contributed by atoms with Gasteiger partial charge >= 0.3 is 5.97 Å². The Morgan fingerprint density at radius 3 is 2.24 bits per heavy atom. The lowest BCUT2D eigenvalue weighted by atomic mass is 9.32. The summed E-state index contributed by atoms with van der Waals surface area (Å²) in [5, 5.41) is 16.2. The third-order valence-corrected chi connectivity index (χ3v) is 15.4. The molecule has 4 saturated carbocycles. The summed E-state index contributed by atoms with van der Waals surface area (Å²) < 4.78 is 0. The van der Waals surface area contributed by atoms with Gasteiger partial charge in [-0.05, 0) is 145 Å². The van der Waals surface area contributed by atoms with E-state index in [4.69, 9.17) is 0 Å². The molecule has 4 fully saturated rings. The largest absolute Gasteiger partial charge is 0.478 e. The zero-order valence-electron chi connectivity index (χ0n) is 29.7. The van der Waals surface area contributed by atoms with Crippen molar-refractivity contribution in [1.82, 2.24) is 10.6 Å². The Balaban J connectivity index is 1.29. The van der Waals surface area contributed by atoms with Crippen LogP contribution in [0, 0.1) is 56.7 Å². The van der Waals surface area contributed by atoms with Gasteiger partial charge in [-0.2, -0.15) is 0 Å². The van der Waals surface area contributed by atoms with Crippen molar-refractivity contribution in [1.29, 1.82) is 0 Å². The van der Waals surface area contributed by atoms with Gasteiger partial charge in [0, 0.05) is 26.6 Å². The number of amides is 1. The molecule has 5 nitrogen and oxygen atoms in total. The van der Waals surface area contributed by atoms with Crippen molar-refractivity contribution in [3.8, 4) is 0 Å². The smallest absolute Gasteiger partial charge is 0.335 e. The molecule has 9 unspecified atom stereocenters. The highest BCUT2D eigenvalue weighted by atomic mass is 16.4. The van der Waals surface area contributed by atoms with Crippen molar-refractivity contribution in [2.45, 2.75) is 106 Å². The van der Waals surface area contributed by atoms with E-state index in [0.717, 1.165) is 25.4 Å². The van der Waals surface area contributed by atoms with Gasteiger partial charge in [0.25, 0.3) is 0 Å². The zero-order chi connectivity index (χ0) is 33.3. The highest BCUT2D eigenvalue weighted by Crippen LogP contribution is 2.77. The standard InChI is InChI=1S/C41H60N2O3/c1-26(2)30-15-20-41(25-42-23-24-43-27(3)44)22-21-39(7)32(35(30)41)13-14-34-38(6)18-16-31(28-9-11-29(12-10-28)36(45)46)37(4,5)33(38)17-19-40(34,39)8/h9-12,16,30,32-35,42H,1,13-15,17-25H2,2-8H3,(H,43,44)(H,45,46). The number of rotatable bonds is 8. The molecule has 0 spiro atoms. The number of carbonyl (C=O) groups excluding carboxylic acids is 1. The fourth-order valence-electron chi connectivity index (χ4n) is 13.1. The van der Waals surface area contributed by atoms with Crippen LogP contribution in [0.5, 0.6) is 0 Å². The van der Waals surface area contributed by atoms with Crippen molar-refractivity contribution >= 4 is 17.4 Å². The van der Waals surface area contributed by atoms with Crippen LogP contribution < -0.4 is 10.6 Å². The molecular formula is C41H60N2O3. The average Bonchev–Trinajstić information content (AvgIpc) is 3.37. The SMILES string of the molecule is C=C(C)C1CCC2(CNCCNC(C)=O)CCC3(C)C(CCC4C5(C)CC=C(c6ccc(C(=O)O)cc6)C(C)(C)C5CCC43C)C12. The van der Waals surface area contributed by atoms with E-state index in [2.05, 4.69) is 64.8 Å². The van der Waals surface area contributed by atoms with Crippen LogP contribution in [0.3, 0.4) is 0 Å². The Kier molecular flexibility index (Phi) is 8.47. The van der Waals surface area contributed by atoms with Crippen molar-refractivity contribution in [2.75, 3.05) is 19.6 Å². The summed E-state index contributed by atoms with van der Waals surface area (Å²) in [4.78, 5) is 23.0. The van der Waals surface area contributed by atoms with Crippen molar-refractivity contribution in [3.63, 3.8) is 0 Å². The van der Waals surface area contributed by atoms with Gasteiger partial charge < -0.3 is 15.7 Å². The van der Waals surface area contributed by atoms with Gasteiger partial charge in [-0.1, -0.05) is 65.0 Å². The number of benzene rings is 1. The fraction of sp³-hybridized carbons (Fsp3) is 0.707. The Hall–Kier alpha value is -2.40. The molecule has 0 saturated heterocycles. The topological polar surface area (TPSA) is 78.4 Å². The zero-order valence-corrected chi connectivity index (χ0v) is 29.7. The molecule has 0 aromatic heterocycles. The van der Waals surface area contributed by atoms with E-state index in [9.17, 15) is 14.7 Å². The minimum absolute atomic E-state index is 0.0258. The van der Waals surface area contributed by atoms with Crippen molar-refractivity contribution < 1.29 is 14.7 Å². The maximum Gasteiger partial charge on any atom is 0.335 e. The summed E-state index contributed by atoms with van der Waals surface area (Å²) in [6.07, 6.45) is 14.0. The Morgan fingerprint density at radius 2 is 1.59 bits per heavy atom. The molecule has 1 aromatic rings. The minimum atomic E-state index is -0.864. The second-order valence-corrected chi connectivity index (χ2v) is 17.6. The molecule has 46 heavy (non-hydrogen) atoms. The summed E-state index contributed by atoms with van der Waals surface area (Å²) in [7, 11) is 0. The average molecular weight is 629 g/mol. The van der Waals surface area contributed by atoms with Crippen LogP contribution >= 0.6 is 0 Å².